The summed E-state index contributed by atoms with van der Waals surface area (Å²) in [6, 6.07) is 22.2. The van der Waals surface area contributed by atoms with Crippen molar-refractivity contribution in [3.63, 3.8) is 0 Å². The van der Waals surface area contributed by atoms with E-state index in [1.54, 1.807) is 18.2 Å². The normalized spacial score (nSPS) is 11.1. The summed E-state index contributed by atoms with van der Waals surface area (Å²) in [5.41, 5.74) is 2.09. The summed E-state index contributed by atoms with van der Waals surface area (Å²) in [7, 11) is 0. The van der Waals surface area contributed by atoms with Crippen molar-refractivity contribution in [2.75, 3.05) is 6.61 Å². The number of ether oxygens (including phenoxy) is 1. The van der Waals surface area contributed by atoms with Gasteiger partial charge in [-0.25, -0.2) is 4.79 Å². The van der Waals surface area contributed by atoms with E-state index in [0.717, 1.165) is 16.9 Å². The number of rotatable bonds is 7. The molecule has 0 aliphatic carbocycles. The maximum Gasteiger partial charge on any atom is 0.328 e. The number of H-pyrrole nitrogens is 1. The van der Waals surface area contributed by atoms with E-state index in [1.165, 1.54) is 4.57 Å². The second-order valence-electron chi connectivity index (χ2n) is 7.76. The monoisotopic (exact) mass is 454 g/mol. The molecule has 0 aliphatic rings. The number of aryl methyl sites for hydroxylation is 1. The van der Waals surface area contributed by atoms with Crippen LogP contribution in [0.25, 0.3) is 33.7 Å². The van der Waals surface area contributed by atoms with Gasteiger partial charge in [0.05, 0.1) is 17.5 Å². The van der Waals surface area contributed by atoms with Crippen LogP contribution in [-0.2, 0) is 13.0 Å². The molecule has 34 heavy (non-hydrogen) atoms. The van der Waals surface area contributed by atoms with Crippen molar-refractivity contribution < 1.29 is 9.26 Å². The van der Waals surface area contributed by atoms with Gasteiger partial charge in [0.1, 0.15) is 5.75 Å². The summed E-state index contributed by atoms with van der Waals surface area (Å²) in [5, 5.41) is 4.48. The van der Waals surface area contributed by atoms with Gasteiger partial charge in [0, 0.05) is 17.7 Å². The Morgan fingerprint density at radius 3 is 2.50 bits per heavy atom. The Morgan fingerprint density at radius 2 is 1.74 bits per heavy atom. The lowest BCUT2D eigenvalue weighted by molar-refractivity contribution is 0.340. The molecule has 0 aliphatic heterocycles. The number of aromatic amines is 1. The van der Waals surface area contributed by atoms with Crippen LogP contribution in [0.15, 0.2) is 86.9 Å². The Morgan fingerprint density at radius 1 is 0.971 bits per heavy atom. The average molecular weight is 454 g/mol. The van der Waals surface area contributed by atoms with Crippen LogP contribution < -0.4 is 16.0 Å². The van der Waals surface area contributed by atoms with Crippen molar-refractivity contribution in [3.8, 4) is 28.6 Å². The van der Waals surface area contributed by atoms with Crippen molar-refractivity contribution >= 4 is 10.9 Å². The number of nitrogens with one attached hydrogen (secondary N) is 1. The smallest absolute Gasteiger partial charge is 0.328 e. The SMILES string of the molecule is CCOc1ccc(-c2noc(-c3ccc4c(=O)n(CCc5ccccc5)c(=O)[nH]c4c3)n2)cc1. The minimum Gasteiger partial charge on any atom is -0.494 e. The molecule has 0 unspecified atom stereocenters. The van der Waals surface area contributed by atoms with Crippen molar-refractivity contribution in [2.45, 2.75) is 19.9 Å². The highest BCUT2D eigenvalue weighted by Crippen LogP contribution is 2.25. The summed E-state index contributed by atoms with van der Waals surface area (Å²) < 4.78 is 12.1. The van der Waals surface area contributed by atoms with Gasteiger partial charge in [0.15, 0.2) is 0 Å². The molecule has 8 heteroatoms. The molecule has 1 N–H and O–H groups in total. The summed E-state index contributed by atoms with van der Waals surface area (Å²) in [5.74, 6) is 1.49. The van der Waals surface area contributed by atoms with Crippen LogP contribution >= 0.6 is 0 Å². The Kier molecular flexibility index (Phi) is 5.78. The van der Waals surface area contributed by atoms with E-state index < -0.39 is 5.69 Å². The zero-order valence-electron chi connectivity index (χ0n) is 18.5. The van der Waals surface area contributed by atoms with Gasteiger partial charge in [-0.1, -0.05) is 35.5 Å². The van der Waals surface area contributed by atoms with Gasteiger partial charge < -0.3 is 14.2 Å². The molecule has 3 aromatic carbocycles. The molecule has 0 atom stereocenters. The summed E-state index contributed by atoms with van der Waals surface area (Å²) >= 11 is 0. The minimum atomic E-state index is -0.453. The lowest BCUT2D eigenvalue weighted by Crippen LogP contribution is -2.35. The standard InChI is InChI=1S/C26H22N4O4/c1-2-33-20-11-8-18(9-12-20)23-28-24(34-29-23)19-10-13-21-22(16-19)27-26(32)30(25(21)31)15-14-17-6-4-3-5-7-17/h3-13,16H,2,14-15H2,1H3,(H,27,32). The van der Waals surface area contributed by atoms with Gasteiger partial charge in [-0.15, -0.1) is 0 Å². The third kappa shape index (κ3) is 4.25. The maximum absolute atomic E-state index is 13.0. The number of benzene rings is 3. The fourth-order valence-corrected chi connectivity index (χ4v) is 3.80. The first-order valence-electron chi connectivity index (χ1n) is 11.0. The summed E-state index contributed by atoms with van der Waals surface area (Å²) in [4.78, 5) is 32.9. The molecule has 0 spiro atoms. The van der Waals surface area contributed by atoms with E-state index in [2.05, 4.69) is 15.1 Å². The minimum absolute atomic E-state index is 0.292. The van der Waals surface area contributed by atoms with Gasteiger partial charge in [0.2, 0.25) is 5.82 Å². The lowest BCUT2D eigenvalue weighted by Gasteiger charge is -2.07. The molecule has 170 valence electrons. The first-order valence-corrected chi connectivity index (χ1v) is 11.0. The van der Waals surface area contributed by atoms with Gasteiger partial charge in [-0.05, 0) is 61.4 Å². The Labute approximate surface area is 194 Å². The molecule has 5 aromatic rings. The van der Waals surface area contributed by atoms with Crippen molar-refractivity contribution in [1.29, 1.82) is 0 Å². The number of hydrogen-bond acceptors (Lipinski definition) is 6. The van der Waals surface area contributed by atoms with Gasteiger partial charge in [0.25, 0.3) is 11.4 Å². The number of hydrogen-bond donors (Lipinski definition) is 1. The van der Waals surface area contributed by atoms with Crippen LogP contribution in [0.2, 0.25) is 0 Å². The average Bonchev–Trinajstić information content (AvgIpc) is 3.35. The molecular weight excluding hydrogens is 432 g/mol. The van der Waals surface area contributed by atoms with Crippen LogP contribution in [0.4, 0.5) is 0 Å². The molecule has 2 aromatic heterocycles. The van der Waals surface area contributed by atoms with E-state index in [-0.39, 0.29) is 5.56 Å². The second kappa shape index (κ2) is 9.19. The van der Waals surface area contributed by atoms with Crippen LogP contribution in [0, 0.1) is 0 Å². The van der Waals surface area contributed by atoms with Crippen molar-refractivity contribution in [2.24, 2.45) is 0 Å². The quantitative estimate of drug-likeness (QED) is 0.398. The third-order valence-corrected chi connectivity index (χ3v) is 5.55. The van der Waals surface area contributed by atoms with E-state index in [0.29, 0.717) is 47.8 Å². The van der Waals surface area contributed by atoms with E-state index >= 15 is 0 Å². The fraction of sp³-hybridized carbons (Fsp3) is 0.154. The van der Waals surface area contributed by atoms with Crippen LogP contribution in [0.5, 0.6) is 5.75 Å². The predicted octanol–water partition coefficient (Wildman–Crippen LogP) is 4.05. The molecular formula is C26H22N4O4. The highest BCUT2D eigenvalue weighted by atomic mass is 16.5. The molecule has 0 saturated heterocycles. The highest BCUT2D eigenvalue weighted by molar-refractivity contribution is 5.82. The maximum atomic E-state index is 13.0. The van der Waals surface area contributed by atoms with E-state index in [4.69, 9.17) is 9.26 Å². The molecule has 0 amide bonds. The van der Waals surface area contributed by atoms with E-state index in [9.17, 15) is 9.59 Å². The van der Waals surface area contributed by atoms with Crippen LogP contribution in [0.3, 0.4) is 0 Å². The Hall–Kier alpha value is -4.46. The molecule has 2 heterocycles. The Bertz CT molecular complexity index is 1550. The third-order valence-electron chi connectivity index (χ3n) is 5.55. The lowest BCUT2D eigenvalue weighted by atomic mass is 10.1. The van der Waals surface area contributed by atoms with Gasteiger partial charge in [-0.2, -0.15) is 4.98 Å². The number of fused-ring (bicyclic) bond motifs is 1. The number of nitrogens with zero attached hydrogens (tertiary/aromatic N) is 3. The van der Waals surface area contributed by atoms with Crippen molar-refractivity contribution in [3.05, 3.63) is 99.2 Å². The number of aromatic nitrogens is 4. The molecule has 0 radical (unpaired) electrons. The largest absolute Gasteiger partial charge is 0.494 e. The highest BCUT2D eigenvalue weighted by Gasteiger charge is 2.14. The molecule has 5 rings (SSSR count). The van der Waals surface area contributed by atoms with Crippen molar-refractivity contribution in [1.82, 2.24) is 19.7 Å². The first-order chi connectivity index (χ1) is 16.6. The molecule has 0 saturated carbocycles. The van der Waals surface area contributed by atoms with Crippen LogP contribution in [-0.4, -0.2) is 26.3 Å². The van der Waals surface area contributed by atoms with Gasteiger partial charge >= 0.3 is 5.69 Å². The first kappa shape index (κ1) is 21.4. The Balaban J connectivity index is 1.42. The zero-order chi connectivity index (χ0) is 23.5. The zero-order valence-corrected chi connectivity index (χ0v) is 18.5. The molecule has 0 bridgehead atoms. The van der Waals surface area contributed by atoms with E-state index in [1.807, 2.05) is 61.5 Å². The molecule has 0 fully saturated rings. The predicted molar refractivity (Wildman–Crippen MR) is 129 cm³/mol. The van der Waals surface area contributed by atoms with Gasteiger partial charge in [-0.3, -0.25) is 9.36 Å². The van der Waals surface area contributed by atoms with Crippen LogP contribution in [0.1, 0.15) is 12.5 Å². The summed E-state index contributed by atoms with van der Waals surface area (Å²) in [6.45, 7) is 2.81. The topological polar surface area (TPSA) is 103 Å². The summed E-state index contributed by atoms with van der Waals surface area (Å²) in [6.07, 6.45) is 0.587. The molecule has 8 nitrogen and oxygen atoms in total. The fourth-order valence-electron chi connectivity index (χ4n) is 3.80. The second-order valence-corrected chi connectivity index (χ2v) is 7.76.